The van der Waals surface area contributed by atoms with Gasteiger partial charge < -0.3 is 9.16 Å². The van der Waals surface area contributed by atoms with Gasteiger partial charge in [0.15, 0.2) is 0 Å². The molecule has 1 aliphatic rings. The van der Waals surface area contributed by atoms with E-state index in [4.69, 9.17) is 9.16 Å². The van der Waals surface area contributed by atoms with Crippen molar-refractivity contribution in [3.05, 3.63) is 60.7 Å². The van der Waals surface area contributed by atoms with Crippen LogP contribution in [0.3, 0.4) is 0 Å². The van der Waals surface area contributed by atoms with Crippen molar-refractivity contribution in [2.75, 3.05) is 6.61 Å². The molecule has 2 aromatic carbocycles. The molecular weight excluding hydrogens is 416 g/mol. The molecule has 4 nitrogen and oxygen atoms in total. The van der Waals surface area contributed by atoms with Gasteiger partial charge in [-0.25, -0.2) is 0 Å². The first kappa shape index (κ1) is 24.4. The number of esters is 1. The molecule has 32 heavy (non-hydrogen) atoms. The smallest absolute Gasteiger partial charge is 0.302 e. The van der Waals surface area contributed by atoms with Crippen LogP contribution in [0.4, 0.5) is 0 Å². The number of rotatable bonds is 9. The normalized spacial score (nSPS) is 17.9. The van der Waals surface area contributed by atoms with Crippen LogP contribution in [0.5, 0.6) is 0 Å². The summed E-state index contributed by atoms with van der Waals surface area (Å²) >= 11 is 0. The molecule has 0 radical (unpaired) electrons. The van der Waals surface area contributed by atoms with Crippen molar-refractivity contribution in [2.24, 2.45) is 5.92 Å². The summed E-state index contributed by atoms with van der Waals surface area (Å²) in [6.45, 7) is 8.84. The van der Waals surface area contributed by atoms with Crippen LogP contribution >= 0.6 is 0 Å². The molecule has 1 saturated carbocycles. The SMILES string of the molecule is CC(=O)OC(CCCO[Si](c1ccccc1)(c1ccccc1)C(C)(C)C)C1CCC(=O)C1. The molecule has 0 saturated heterocycles. The van der Waals surface area contributed by atoms with Gasteiger partial charge in [-0.3, -0.25) is 9.59 Å². The molecule has 2 unspecified atom stereocenters. The predicted octanol–water partition coefficient (Wildman–Crippen LogP) is 4.64. The van der Waals surface area contributed by atoms with E-state index < -0.39 is 8.32 Å². The summed E-state index contributed by atoms with van der Waals surface area (Å²) in [5, 5.41) is 2.45. The van der Waals surface area contributed by atoms with Gasteiger partial charge in [-0.1, -0.05) is 81.4 Å². The number of Topliss-reactive ketones (excluding diaryl/α,β-unsaturated/α-hetero) is 1. The van der Waals surface area contributed by atoms with Crippen LogP contribution in [0.2, 0.25) is 5.04 Å². The second-order valence-corrected chi connectivity index (χ2v) is 14.1. The summed E-state index contributed by atoms with van der Waals surface area (Å²) < 4.78 is 12.6. The third kappa shape index (κ3) is 5.57. The molecule has 2 atom stereocenters. The minimum Gasteiger partial charge on any atom is -0.462 e. The molecule has 172 valence electrons. The summed E-state index contributed by atoms with van der Waals surface area (Å²) in [4.78, 5) is 23.4. The van der Waals surface area contributed by atoms with Gasteiger partial charge in [0.1, 0.15) is 11.9 Å². The van der Waals surface area contributed by atoms with Crippen LogP contribution in [-0.2, 0) is 18.8 Å². The fourth-order valence-electron chi connectivity index (χ4n) is 5.04. The molecule has 2 aromatic rings. The molecule has 0 aromatic heterocycles. The van der Waals surface area contributed by atoms with E-state index in [-0.39, 0.29) is 28.8 Å². The number of ether oxygens (including phenoxy) is 1. The standard InChI is InChI=1S/C27H36O4Si/c1-21(28)31-26(22-17-18-23(29)20-22)16-11-19-30-32(27(2,3)4,24-12-7-5-8-13-24)25-14-9-6-10-15-25/h5-10,12-15,22,26H,11,16-20H2,1-4H3. The highest BCUT2D eigenvalue weighted by Gasteiger charge is 2.50. The van der Waals surface area contributed by atoms with Gasteiger partial charge in [0.25, 0.3) is 8.32 Å². The molecular formula is C27H36O4Si. The third-order valence-electron chi connectivity index (χ3n) is 6.50. The van der Waals surface area contributed by atoms with Crippen molar-refractivity contribution in [3.8, 4) is 0 Å². The molecule has 5 heteroatoms. The van der Waals surface area contributed by atoms with E-state index in [9.17, 15) is 9.59 Å². The summed E-state index contributed by atoms with van der Waals surface area (Å²) in [5.74, 6) is 0.136. The van der Waals surface area contributed by atoms with Crippen molar-refractivity contribution in [1.82, 2.24) is 0 Å². The minimum absolute atomic E-state index is 0.0666. The molecule has 1 fully saturated rings. The lowest BCUT2D eigenvalue weighted by molar-refractivity contribution is -0.149. The molecule has 0 heterocycles. The summed E-state index contributed by atoms with van der Waals surface area (Å²) in [6, 6.07) is 21.2. The highest BCUT2D eigenvalue weighted by molar-refractivity contribution is 6.99. The minimum atomic E-state index is -2.56. The Bertz CT molecular complexity index is 849. The lowest BCUT2D eigenvalue weighted by atomic mass is 9.97. The van der Waals surface area contributed by atoms with Gasteiger partial charge in [-0.15, -0.1) is 0 Å². The number of hydrogen-bond acceptors (Lipinski definition) is 4. The Kier molecular flexibility index (Phi) is 8.07. The van der Waals surface area contributed by atoms with Crippen LogP contribution in [-0.4, -0.2) is 32.8 Å². The van der Waals surface area contributed by atoms with Gasteiger partial charge in [0.2, 0.25) is 0 Å². The first-order valence-electron chi connectivity index (χ1n) is 11.7. The summed E-state index contributed by atoms with van der Waals surface area (Å²) in [6.07, 6.45) is 3.23. The average Bonchev–Trinajstić information content (AvgIpc) is 3.19. The monoisotopic (exact) mass is 452 g/mol. The molecule has 0 amide bonds. The van der Waals surface area contributed by atoms with Crippen molar-refractivity contribution < 1.29 is 18.8 Å². The Morgan fingerprint density at radius 2 is 1.59 bits per heavy atom. The largest absolute Gasteiger partial charge is 0.462 e. The quantitative estimate of drug-likeness (QED) is 0.316. The Labute approximate surface area is 193 Å². The molecule has 0 N–H and O–H groups in total. The van der Waals surface area contributed by atoms with Crippen molar-refractivity contribution in [1.29, 1.82) is 0 Å². The third-order valence-corrected chi connectivity index (χ3v) is 11.5. The Morgan fingerprint density at radius 3 is 2.03 bits per heavy atom. The fraction of sp³-hybridized carbons (Fsp3) is 0.481. The number of benzene rings is 2. The number of ketones is 1. The van der Waals surface area contributed by atoms with E-state index in [1.165, 1.54) is 17.3 Å². The van der Waals surface area contributed by atoms with Crippen LogP contribution in [0.25, 0.3) is 0 Å². The lowest BCUT2D eigenvalue weighted by Gasteiger charge is -2.43. The Hall–Kier alpha value is -2.24. The zero-order chi connectivity index (χ0) is 23.2. The van der Waals surface area contributed by atoms with E-state index >= 15 is 0 Å². The molecule has 0 bridgehead atoms. The number of carbonyl (C=O) groups is 2. The maximum Gasteiger partial charge on any atom is 0.302 e. The number of carbonyl (C=O) groups excluding carboxylic acids is 2. The second kappa shape index (κ2) is 10.6. The topological polar surface area (TPSA) is 52.6 Å². The Balaban J connectivity index is 1.80. The maximum absolute atomic E-state index is 11.8. The first-order valence-corrected chi connectivity index (χ1v) is 13.6. The summed E-state index contributed by atoms with van der Waals surface area (Å²) in [5.41, 5.74) is 0. The van der Waals surface area contributed by atoms with Crippen LogP contribution in [0, 0.1) is 5.92 Å². The predicted molar refractivity (Wildman–Crippen MR) is 131 cm³/mol. The zero-order valence-electron chi connectivity index (χ0n) is 19.8. The Morgan fingerprint density at radius 1 is 1.03 bits per heavy atom. The highest BCUT2D eigenvalue weighted by atomic mass is 28.4. The van der Waals surface area contributed by atoms with Gasteiger partial charge in [-0.2, -0.15) is 0 Å². The zero-order valence-corrected chi connectivity index (χ0v) is 20.8. The van der Waals surface area contributed by atoms with Gasteiger partial charge >= 0.3 is 5.97 Å². The number of hydrogen-bond donors (Lipinski definition) is 0. The maximum atomic E-state index is 11.8. The molecule has 1 aliphatic carbocycles. The second-order valence-electron chi connectivity index (χ2n) is 9.84. The van der Waals surface area contributed by atoms with E-state index in [0.29, 0.717) is 19.4 Å². The fourth-order valence-corrected chi connectivity index (χ4v) is 9.64. The molecule has 3 rings (SSSR count). The van der Waals surface area contributed by atoms with Crippen LogP contribution < -0.4 is 10.4 Å². The summed E-state index contributed by atoms with van der Waals surface area (Å²) in [7, 11) is -2.56. The van der Waals surface area contributed by atoms with Crippen molar-refractivity contribution in [3.63, 3.8) is 0 Å². The first-order chi connectivity index (χ1) is 15.2. The van der Waals surface area contributed by atoms with Crippen LogP contribution in [0.15, 0.2) is 60.7 Å². The van der Waals surface area contributed by atoms with E-state index in [2.05, 4.69) is 69.3 Å². The highest BCUT2D eigenvalue weighted by Crippen LogP contribution is 2.37. The van der Waals surface area contributed by atoms with E-state index in [1.807, 2.05) is 12.1 Å². The molecule has 0 spiro atoms. The van der Waals surface area contributed by atoms with E-state index in [1.54, 1.807) is 0 Å². The average molecular weight is 453 g/mol. The van der Waals surface area contributed by atoms with Gasteiger partial charge in [0, 0.05) is 32.3 Å². The van der Waals surface area contributed by atoms with Gasteiger partial charge in [0.05, 0.1) is 0 Å². The van der Waals surface area contributed by atoms with Gasteiger partial charge in [-0.05, 0) is 34.7 Å². The van der Waals surface area contributed by atoms with Crippen molar-refractivity contribution >= 4 is 30.4 Å². The van der Waals surface area contributed by atoms with Crippen LogP contribution in [0.1, 0.15) is 59.8 Å². The molecule has 0 aliphatic heterocycles. The van der Waals surface area contributed by atoms with E-state index in [0.717, 1.165) is 19.3 Å². The lowest BCUT2D eigenvalue weighted by Crippen LogP contribution is -2.66. The van der Waals surface area contributed by atoms with Crippen molar-refractivity contribution in [2.45, 2.75) is 70.9 Å².